The summed E-state index contributed by atoms with van der Waals surface area (Å²) >= 11 is 0. The fourth-order valence-electron chi connectivity index (χ4n) is 6.55. The van der Waals surface area contributed by atoms with Gasteiger partial charge < -0.3 is 25.9 Å². The Morgan fingerprint density at radius 3 is 2.66 bits per heavy atom. The smallest absolute Gasteiger partial charge is 0.457 e. The molecule has 2 aliphatic heterocycles. The van der Waals surface area contributed by atoms with Crippen molar-refractivity contribution >= 4 is 23.3 Å². The normalized spacial score (nSPS) is 40.8. The first-order valence-electron chi connectivity index (χ1n) is 11.6. The van der Waals surface area contributed by atoms with Gasteiger partial charge in [0.15, 0.2) is 0 Å². The number of hydrogen-bond acceptors (Lipinski definition) is 7. The van der Waals surface area contributed by atoms with E-state index in [1.807, 2.05) is 0 Å². The Morgan fingerprint density at radius 1 is 1.31 bits per heavy atom. The summed E-state index contributed by atoms with van der Waals surface area (Å²) in [6.45, 7) is 6.85. The second-order valence-electron chi connectivity index (χ2n) is 10.9. The average molecular weight is 472 g/mol. The molecule has 5 rings (SSSR count). The quantitative estimate of drug-likeness (QED) is 0.342. The van der Waals surface area contributed by atoms with Gasteiger partial charge >= 0.3 is 13.1 Å². The van der Waals surface area contributed by atoms with E-state index < -0.39 is 27.6 Å². The van der Waals surface area contributed by atoms with Crippen LogP contribution in [0.2, 0.25) is 6.32 Å². The van der Waals surface area contributed by atoms with Gasteiger partial charge in [0.2, 0.25) is 0 Å². The summed E-state index contributed by atoms with van der Waals surface area (Å²) in [5.41, 5.74) is 9.97. The van der Waals surface area contributed by atoms with Crippen LogP contribution in [-0.2, 0) is 24.3 Å². The van der Waals surface area contributed by atoms with E-state index in [1.54, 1.807) is 0 Å². The van der Waals surface area contributed by atoms with Gasteiger partial charge in [-0.25, -0.2) is 4.72 Å². The van der Waals surface area contributed by atoms with Gasteiger partial charge in [-0.2, -0.15) is 12.7 Å². The molecule has 3 saturated carbocycles. The monoisotopic (exact) mass is 472 g/mol. The van der Waals surface area contributed by atoms with Crippen LogP contribution in [0.4, 0.5) is 0 Å². The van der Waals surface area contributed by atoms with Crippen molar-refractivity contribution < 1.29 is 27.6 Å². The van der Waals surface area contributed by atoms with Gasteiger partial charge in [-0.1, -0.05) is 20.3 Å². The lowest BCUT2D eigenvalue weighted by Gasteiger charge is -2.64. The zero-order chi connectivity index (χ0) is 23.5. The van der Waals surface area contributed by atoms with Crippen molar-refractivity contribution in [3.05, 3.63) is 0 Å². The summed E-state index contributed by atoms with van der Waals surface area (Å²) in [4.78, 5) is 11.9. The highest BCUT2D eigenvalue weighted by molar-refractivity contribution is 7.87. The highest BCUT2D eigenvalue weighted by Crippen LogP contribution is 2.65. The van der Waals surface area contributed by atoms with Crippen LogP contribution in [0, 0.1) is 23.2 Å². The largest absolute Gasteiger partial charge is 0.480 e. The molecule has 0 aromatic carbocycles. The van der Waals surface area contributed by atoms with E-state index in [1.165, 1.54) is 6.42 Å². The van der Waals surface area contributed by atoms with E-state index >= 15 is 0 Å². The molecule has 12 heteroatoms. The number of rotatable bonds is 9. The third-order valence-corrected chi connectivity index (χ3v) is 10.3. The first-order valence-corrected chi connectivity index (χ1v) is 13.1. The van der Waals surface area contributed by atoms with Gasteiger partial charge in [-0.15, -0.1) is 0 Å². The Kier molecular flexibility index (Phi) is 6.23. The van der Waals surface area contributed by atoms with Gasteiger partial charge in [0, 0.05) is 32.1 Å². The van der Waals surface area contributed by atoms with E-state index in [0.29, 0.717) is 31.0 Å². The van der Waals surface area contributed by atoms with Crippen molar-refractivity contribution in [2.24, 2.45) is 34.6 Å². The summed E-state index contributed by atoms with van der Waals surface area (Å²) in [6.07, 6.45) is 4.08. The molecular weight excluding hydrogens is 435 g/mol. The van der Waals surface area contributed by atoms with Crippen LogP contribution in [0.5, 0.6) is 0 Å². The van der Waals surface area contributed by atoms with Gasteiger partial charge in [0.1, 0.15) is 5.54 Å². The number of nitrogens with zero attached hydrogens (tertiary/aromatic N) is 1. The summed E-state index contributed by atoms with van der Waals surface area (Å²) < 4.78 is 41.1. The fraction of sp³-hybridized carbons (Fsp3) is 0.950. The Morgan fingerprint density at radius 2 is 2.03 bits per heavy atom. The topological polar surface area (TPSA) is 157 Å². The molecule has 182 valence electrons. The molecule has 0 aromatic heterocycles. The van der Waals surface area contributed by atoms with Crippen molar-refractivity contribution in [1.82, 2.24) is 9.03 Å². The van der Waals surface area contributed by atoms with E-state index in [2.05, 4.69) is 25.5 Å². The van der Waals surface area contributed by atoms with E-state index in [0.717, 1.165) is 10.7 Å². The second kappa shape index (κ2) is 8.18. The summed E-state index contributed by atoms with van der Waals surface area (Å²) in [6, 6.07) is 0. The lowest BCUT2D eigenvalue weighted by Crippen LogP contribution is -2.65. The van der Waals surface area contributed by atoms with Crippen LogP contribution in [0.3, 0.4) is 0 Å². The first kappa shape index (κ1) is 24.4. The molecule has 0 amide bonds. The molecular formula is C20H37BN4O6S. The molecule has 2 saturated heterocycles. The molecule has 5 fully saturated rings. The second-order valence-corrected chi connectivity index (χ2v) is 12.6. The maximum Gasteiger partial charge on any atom is 0.457 e. The van der Waals surface area contributed by atoms with Crippen molar-refractivity contribution in [1.29, 1.82) is 0 Å². The third kappa shape index (κ3) is 3.81. The number of carboxylic acid groups (broad SMARTS) is 1. The highest BCUT2D eigenvalue weighted by atomic mass is 32.2. The number of carbonyl (C=O) groups is 1. The zero-order valence-corrected chi connectivity index (χ0v) is 20.1. The summed E-state index contributed by atoms with van der Waals surface area (Å²) in [5.74, 6) is -0.517. The van der Waals surface area contributed by atoms with E-state index in [4.69, 9.17) is 20.8 Å². The molecule has 5 aliphatic rings. The average Bonchev–Trinajstić information content (AvgIpc) is 3.24. The third-order valence-electron chi connectivity index (χ3n) is 8.75. The Hall–Kier alpha value is -0.755. The van der Waals surface area contributed by atoms with Gasteiger partial charge in [0.05, 0.1) is 11.7 Å². The molecule has 6 atom stereocenters. The first-order chi connectivity index (χ1) is 14.8. The molecule has 10 nitrogen and oxygen atoms in total. The van der Waals surface area contributed by atoms with Crippen LogP contribution in [0.15, 0.2) is 0 Å². The number of hydrogen-bond donors (Lipinski definition) is 4. The lowest BCUT2D eigenvalue weighted by molar-refractivity contribution is -0.199. The van der Waals surface area contributed by atoms with Crippen LogP contribution >= 0.6 is 0 Å². The van der Waals surface area contributed by atoms with Gasteiger partial charge in [-0.05, 0) is 49.8 Å². The molecule has 0 unspecified atom stereocenters. The predicted molar refractivity (Wildman–Crippen MR) is 120 cm³/mol. The maximum atomic E-state index is 12.5. The SMILES string of the molecule is CC1(C)[C@H]2C[C@@H]3OB(CCC[C@@H]4CN(S(=O)(=O)NCCN)C[C@]4(N)C(=O)O)O[C@]3(C)[C@@H]1C2. The number of carboxylic acids is 1. The minimum absolute atomic E-state index is 0.0629. The zero-order valence-electron chi connectivity index (χ0n) is 19.2. The lowest BCUT2D eigenvalue weighted by atomic mass is 9.43. The molecule has 2 heterocycles. The van der Waals surface area contributed by atoms with Crippen LogP contribution in [-0.4, -0.2) is 74.3 Å². The molecule has 3 aliphatic carbocycles. The fourth-order valence-corrected chi connectivity index (χ4v) is 7.87. The molecule has 0 radical (unpaired) electrons. The van der Waals surface area contributed by atoms with E-state index in [-0.39, 0.29) is 50.4 Å². The van der Waals surface area contributed by atoms with E-state index in [9.17, 15) is 18.3 Å². The van der Waals surface area contributed by atoms with Crippen LogP contribution in [0.1, 0.15) is 46.5 Å². The Bertz CT molecular complexity index is 859. The maximum absolute atomic E-state index is 12.5. The van der Waals surface area contributed by atoms with Crippen molar-refractivity contribution in [2.75, 3.05) is 26.2 Å². The van der Waals surface area contributed by atoms with Crippen LogP contribution in [0.25, 0.3) is 0 Å². The number of aliphatic carboxylic acids is 1. The summed E-state index contributed by atoms with van der Waals surface area (Å²) in [5, 5.41) is 9.73. The minimum atomic E-state index is -3.82. The summed E-state index contributed by atoms with van der Waals surface area (Å²) in [7, 11) is -4.14. The predicted octanol–water partition coefficient (Wildman–Crippen LogP) is 0.00190. The molecule has 32 heavy (non-hydrogen) atoms. The van der Waals surface area contributed by atoms with Crippen molar-refractivity contribution in [2.45, 2.75) is 70.0 Å². The van der Waals surface area contributed by atoms with Gasteiger partial charge in [0.25, 0.3) is 10.2 Å². The molecule has 6 N–H and O–H groups in total. The van der Waals surface area contributed by atoms with Crippen LogP contribution < -0.4 is 16.2 Å². The molecule has 2 bridgehead atoms. The van der Waals surface area contributed by atoms with Crippen molar-refractivity contribution in [3.8, 4) is 0 Å². The molecule has 0 spiro atoms. The molecule has 0 aromatic rings. The number of nitrogens with one attached hydrogen (secondary N) is 1. The standard InChI is InChI=1S/C20H37BN4O6S/c1-18(2)14-9-15(18)19(3)16(10-14)30-21(31-19)6-4-5-13-11-25(12-20(13,23)17(26)27)32(28,29)24-8-7-22/h13-16,24H,4-12,22-23H2,1-3H3,(H,26,27)/t13-,14-,15-,16+,19-,20-/m1/s1. The number of nitrogens with two attached hydrogens (primary N) is 2. The Labute approximate surface area is 191 Å². The van der Waals surface area contributed by atoms with Gasteiger partial charge in [-0.3, -0.25) is 4.79 Å². The Balaban J connectivity index is 1.35. The van der Waals surface area contributed by atoms with Crippen molar-refractivity contribution in [3.63, 3.8) is 0 Å². The highest BCUT2D eigenvalue weighted by Gasteiger charge is 2.67. The minimum Gasteiger partial charge on any atom is -0.480 e.